The van der Waals surface area contributed by atoms with Gasteiger partial charge in [-0.15, -0.1) is 0 Å². The summed E-state index contributed by atoms with van der Waals surface area (Å²) in [6.07, 6.45) is 1.29. The molecule has 0 saturated heterocycles. The summed E-state index contributed by atoms with van der Waals surface area (Å²) in [5.74, 6) is -0.375. The highest BCUT2D eigenvalue weighted by Gasteiger charge is 2.21. The van der Waals surface area contributed by atoms with Crippen molar-refractivity contribution in [1.82, 2.24) is 10.7 Å². The van der Waals surface area contributed by atoms with Crippen molar-refractivity contribution >= 4 is 52.7 Å². The maximum Gasteiger partial charge on any atom is 0.231 e. The zero-order valence-corrected chi connectivity index (χ0v) is 14.0. The molecule has 5 nitrogen and oxygen atoms in total. The zero-order chi connectivity index (χ0) is 16.2. The summed E-state index contributed by atoms with van der Waals surface area (Å²) in [4.78, 5) is 11.7. The van der Waals surface area contributed by atoms with Crippen LogP contribution in [0.25, 0.3) is 0 Å². The maximum absolute atomic E-state index is 11.7. The number of rotatable bonds is 2. The van der Waals surface area contributed by atoms with E-state index in [0.29, 0.717) is 10.6 Å². The topological polar surface area (TPSA) is 73.7 Å². The van der Waals surface area contributed by atoms with Gasteiger partial charge in [0.1, 0.15) is 5.75 Å². The smallest absolute Gasteiger partial charge is 0.231 e. The van der Waals surface area contributed by atoms with Gasteiger partial charge in [-0.3, -0.25) is 10.2 Å². The van der Waals surface area contributed by atoms with Crippen molar-refractivity contribution in [3.63, 3.8) is 0 Å². The van der Waals surface area contributed by atoms with Crippen LogP contribution in [-0.2, 0) is 4.79 Å². The third-order valence-corrected chi connectivity index (χ3v) is 3.04. The van der Waals surface area contributed by atoms with Gasteiger partial charge >= 0.3 is 0 Å². The van der Waals surface area contributed by atoms with Crippen LogP contribution in [0.4, 0.5) is 0 Å². The highest BCUT2D eigenvalue weighted by molar-refractivity contribution is 7.80. The third kappa shape index (κ3) is 5.49. The average molecular weight is 348 g/mol. The van der Waals surface area contributed by atoms with Crippen LogP contribution in [0.2, 0.25) is 10.0 Å². The van der Waals surface area contributed by atoms with Crippen molar-refractivity contribution < 1.29 is 9.90 Å². The molecule has 8 heteroatoms. The number of phenolic OH excluding ortho intramolecular Hbond substituents is 1. The van der Waals surface area contributed by atoms with E-state index in [1.54, 1.807) is 20.8 Å². The summed E-state index contributed by atoms with van der Waals surface area (Å²) >= 11 is 16.5. The van der Waals surface area contributed by atoms with Crippen LogP contribution in [0.15, 0.2) is 17.2 Å². The minimum Gasteiger partial charge on any atom is -0.506 e. The number of hydrogen-bond donors (Lipinski definition) is 3. The molecule has 0 fully saturated rings. The van der Waals surface area contributed by atoms with E-state index in [-0.39, 0.29) is 21.8 Å². The Bertz CT molecular complexity index is 598. The summed E-state index contributed by atoms with van der Waals surface area (Å²) in [5.41, 5.74) is 2.23. The second kappa shape index (κ2) is 7.06. The fraction of sp³-hybridized carbons (Fsp3) is 0.308. The molecular formula is C13H15Cl2N3O2S. The number of amides is 1. The molecule has 0 saturated carbocycles. The number of hydrazone groups is 1. The molecule has 21 heavy (non-hydrogen) atoms. The lowest BCUT2D eigenvalue weighted by molar-refractivity contribution is -0.126. The molecule has 0 aliphatic rings. The maximum atomic E-state index is 11.7. The van der Waals surface area contributed by atoms with Gasteiger partial charge in [0.2, 0.25) is 5.91 Å². The summed E-state index contributed by atoms with van der Waals surface area (Å²) in [6.45, 7) is 5.29. The molecule has 0 bridgehead atoms. The molecule has 1 rings (SSSR count). The fourth-order valence-electron chi connectivity index (χ4n) is 1.16. The van der Waals surface area contributed by atoms with Crippen LogP contribution in [0.5, 0.6) is 5.75 Å². The SMILES string of the molecule is CC(C)(C)C(=O)NC(=S)NN=Cc1cc(Cl)cc(Cl)c1O. The molecule has 0 heterocycles. The van der Waals surface area contributed by atoms with Crippen LogP contribution < -0.4 is 10.7 Å². The Balaban J connectivity index is 2.67. The summed E-state index contributed by atoms with van der Waals surface area (Å²) < 4.78 is 0. The Hall–Kier alpha value is -1.37. The van der Waals surface area contributed by atoms with E-state index in [0.717, 1.165) is 0 Å². The highest BCUT2D eigenvalue weighted by atomic mass is 35.5. The van der Waals surface area contributed by atoms with Crippen molar-refractivity contribution in [3.8, 4) is 5.75 Å². The number of hydrogen-bond acceptors (Lipinski definition) is 4. The molecule has 3 N–H and O–H groups in total. The van der Waals surface area contributed by atoms with Crippen LogP contribution in [0.1, 0.15) is 26.3 Å². The van der Waals surface area contributed by atoms with Gasteiger partial charge in [0.25, 0.3) is 0 Å². The lowest BCUT2D eigenvalue weighted by Gasteiger charge is -2.17. The third-order valence-electron chi connectivity index (χ3n) is 2.34. The van der Waals surface area contributed by atoms with Crippen molar-refractivity contribution in [2.75, 3.05) is 0 Å². The first kappa shape index (κ1) is 17.7. The lowest BCUT2D eigenvalue weighted by Crippen LogP contribution is -2.42. The van der Waals surface area contributed by atoms with E-state index in [1.165, 1.54) is 18.3 Å². The second-order valence-corrected chi connectivity index (χ2v) is 6.48. The molecule has 1 aromatic carbocycles. The van der Waals surface area contributed by atoms with Gasteiger partial charge in [-0.05, 0) is 24.4 Å². The van der Waals surface area contributed by atoms with Gasteiger partial charge in [-0.25, -0.2) is 0 Å². The standard InChI is InChI=1S/C13H15Cl2N3O2S/c1-13(2,3)11(20)17-12(21)18-16-6-7-4-8(14)5-9(15)10(7)19/h4-6,19H,1-3H3,(H2,17,18,20,21). The molecule has 0 aliphatic heterocycles. The van der Waals surface area contributed by atoms with E-state index >= 15 is 0 Å². The number of benzene rings is 1. The predicted molar refractivity (Wildman–Crippen MR) is 89.1 cm³/mol. The van der Waals surface area contributed by atoms with Crippen molar-refractivity contribution in [3.05, 3.63) is 27.7 Å². The summed E-state index contributed by atoms with van der Waals surface area (Å²) in [7, 11) is 0. The first-order chi connectivity index (χ1) is 9.61. The Labute approximate surface area is 138 Å². The van der Waals surface area contributed by atoms with E-state index < -0.39 is 5.41 Å². The number of carbonyl (C=O) groups excluding carboxylic acids is 1. The molecule has 0 radical (unpaired) electrons. The van der Waals surface area contributed by atoms with Gasteiger partial charge in [0, 0.05) is 16.0 Å². The van der Waals surface area contributed by atoms with Gasteiger partial charge < -0.3 is 10.4 Å². The second-order valence-electron chi connectivity index (χ2n) is 5.23. The van der Waals surface area contributed by atoms with E-state index in [9.17, 15) is 9.90 Å². The molecule has 0 aliphatic carbocycles. The van der Waals surface area contributed by atoms with E-state index in [1.807, 2.05) is 0 Å². The van der Waals surface area contributed by atoms with Crippen LogP contribution >= 0.6 is 35.4 Å². The van der Waals surface area contributed by atoms with Crippen molar-refractivity contribution in [2.45, 2.75) is 20.8 Å². The quantitative estimate of drug-likeness (QED) is 0.436. The molecule has 1 amide bonds. The number of phenols is 1. The van der Waals surface area contributed by atoms with E-state index in [4.69, 9.17) is 35.4 Å². The van der Waals surface area contributed by atoms with Crippen LogP contribution in [0.3, 0.4) is 0 Å². The first-order valence-corrected chi connectivity index (χ1v) is 7.10. The van der Waals surface area contributed by atoms with Crippen molar-refractivity contribution in [1.29, 1.82) is 0 Å². The number of nitrogens with zero attached hydrogens (tertiary/aromatic N) is 1. The van der Waals surface area contributed by atoms with Gasteiger partial charge in [0.15, 0.2) is 5.11 Å². The normalized spacial score (nSPS) is 11.5. The molecular weight excluding hydrogens is 333 g/mol. The average Bonchev–Trinajstić information content (AvgIpc) is 2.33. The number of aromatic hydroxyl groups is 1. The van der Waals surface area contributed by atoms with Gasteiger partial charge in [0.05, 0.1) is 11.2 Å². The van der Waals surface area contributed by atoms with Gasteiger partial charge in [-0.1, -0.05) is 44.0 Å². The minimum absolute atomic E-state index is 0.0544. The molecule has 0 atom stereocenters. The number of thiocarbonyl (C=S) groups is 1. The Morgan fingerprint density at radius 1 is 1.38 bits per heavy atom. The van der Waals surface area contributed by atoms with Crippen molar-refractivity contribution in [2.24, 2.45) is 10.5 Å². The lowest BCUT2D eigenvalue weighted by atomic mass is 9.96. The number of carbonyl (C=O) groups is 1. The largest absolute Gasteiger partial charge is 0.506 e. The van der Waals surface area contributed by atoms with Crippen LogP contribution in [-0.4, -0.2) is 22.3 Å². The molecule has 0 aromatic heterocycles. The summed E-state index contributed by atoms with van der Waals surface area (Å²) in [5, 5.41) is 16.6. The highest BCUT2D eigenvalue weighted by Crippen LogP contribution is 2.29. The summed E-state index contributed by atoms with van der Waals surface area (Å²) in [6, 6.07) is 2.90. The number of halogens is 2. The van der Waals surface area contributed by atoms with Gasteiger partial charge in [-0.2, -0.15) is 5.10 Å². The molecule has 0 spiro atoms. The minimum atomic E-state index is -0.561. The molecule has 114 valence electrons. The first-order valence-electron chi connectivity index (χ1n) is 5.94. The Kier molecular flexibility index (Phi) is 5.95. The predicted octanol–water partition coefficient (Wildman–Crippen LogP) is 3.07. The Morgan fingerprint density at radius 3 is 2.57 bits per heavy atom. The zero-order valence-electron chi connectivity index (χ0n) is 11.7. The molecule has 0 unspecified atom stereocenters. The van der Waals surface area contributed by atoms with E-state index in [2.05, 4.69) is 15.8 Å². The monoisotopic (exact) mass is 347 g/mol. The number of nitrogens with one attached hydrogen (secondary N) is 2. The fourth-order valence-corrected chi connectivity index (χ4v) is 1.82. The van der Waals surface area contributed by atoms with Crippen LogP contribution in [0, 0.1) is 5.41 Å². The molecule has 1 aromatic rings. The Morgan fingerprint density at radius 2 is 2.00 bits per heavy atom.